The maximum atomic E-state index is 14.0. The van der Waals surface area contributed by atoms with Crippen LogP contribution in [0.1, 0.15) is 94.7 Å². The Balaban J connectivity index is 1.63. The molecule has 3 aromatic rings. The summed E-state index contributed by atoms with van der Waals surface area (Å²) < 4.78 is 5.25. The number of imidazole rings is 1. The summed E-state index contributed by atoms with van der Waals surface area (Å²) in [5.41, 5.74) is 7.91. The molecule has 2 N–H and O–H groups in total. The summed E-state index contributed by atoms with van der Waals surface area (Å²) in [7, 11) is 1.87. The van der Waals surface area contributed by atoms with E-state index in [4.69, 9.17) is 16.0 Å². The average molecular weight is 529 g/mol. The van der Waals surface area contributed by atoms with Crippen LogP contribution in [0.2, 0.25) is 0 Å². The fourth-order valence-corrected chi connectivity index (χ4v) is 6.29. The molecule has 0 radical (unpaired) electrons. The second-order valence-electron chi connectivity index (χ2n) is 10.9. The Hall–Kier alpha value is -3.93. The molecular weight excluding hydrogens is 492 g/mol. The fourth-order valence-electron chi connectivity index (χ4n) is 6.29. The van der Waals surface area contributed by atoms with Gasteiger partial charge in [0.25, 0.3) is 5.56 Å². The van der Waals surface area contributed by atoms with Crippen LogP contribution in [0.5, 0.6) is 0 Å². The van der Waals surface area contributed by atoms with Crippen molar-refractivity contribution in [3.05, 3.63) is 56.2 Å². The highest BCUT2D eigenvalue weighted by molar-refractivity contribution is 5.96. The number of carbonyl (C=O) groups excluding carboxylic acids is 1. The van der Waals surface area contributed by atoms with Crippen LogP contribution in [-0.4, -0.2) is 24.6 Å². The molecule has 5 rings (SSSR count). The lowest BCUT2D eigenvalue weighted by molar-refractivity contribution is -0.114. The van der Waals surface area contributed by atoms with Crippen LogP contribution < -0.4 is 17.0 Å². The van der Waals surface area contributed by atoms with E-state index in [1.54, 1.807) is 6.08 Å². The van der Waals surface area contributed by atoms with Gasteiger partial charge in [-0.05, 0) is 43.7 Å². The van der Waals surface area contributed by atoms with Crippen molar-refractivity contribution in [1.29, 1.82) is 5.26 Å². The van der Waals surface area contributed by atoms with Gasteiger partial charge in [0.1, 0.15) is 5.82 Å². The number of benzene rings is 1. The normalized spacial score (nSPS) is 17.4. The predicted octanol–water partition coefficient (Wildman–Crippen LogP) is 4.75. The maximum Gasteiger partial charge on any atom is 0.333 e. The number of primary amides is 1. The van der Waals surface area contributed by atoms with E-state index in [9.17, 15) is 14.4 Å². The Morgan fingerprint density at radius 2 is 1.59 bits per heavy atom. The molecule has 2 fully saturated rings. The molecule has 204 valence electrons. The number of amides is 1. The summed E-state index contributed by atoms with van der Waals surface area (Å²) in [6, 6.07) is 9.52. The Morgan fingerprint density at radius 1 is 1.00 bits per heavy atom. The summed E-state index contributed by atoms with van der Waals surface area (Å²) in [5, 5.41) is 8.86. The third-order valence-electron chi connectivity index (χ3n) is 8.34. The molecule has 2 heterocycles. The second kappa shape index (κ2) is 11.4. The van der Waals surface area contributed by atoms with Gasteiger partial charge in [0.2, 0.25) is 5.91 Å². The average Bonchev–Trinajstić information content (AvgIpc) is 3.29. The lowest BCUT2D eigenvalue weighted by Crippen LogP contribution is -2.44. The molecule has 2 aliphatic carbocycles. The van der Waals surface area contributed by atoms with E-state index in [2.05, 4.69) is 0 Å². The van der Waals surface area contributed by atoms with Crippen molar-refractivity contribution in [3.8, 4) is 17.5 Å². The number of hydrogen-bond acceptors (Lipinski definition) is 5. The molecule has 39 heavy (non-hydrogen) atoms. The fraction of sp³-hybridized carbons (Fsp3) is 0.500. The van der Waals surface area contributed by atoms with Gasteiger partial charge < -0.3 is 10.3 Å². The number of rotatable bonds is 7. The van der Waals surface area contributed by atoms with Gasteiger partial charge in [0.05, 0.1) is 6.07 Å². The zero-order valence-electron chi connectivity index (χ0n) is 22.6. The van der Waals surface area contributed by atoms with Gasteiger partial charge >= 0.3 is 5.69 Å². The number of hydrogen-bond donors (Lipinski definition) is 1. The van der Waals surface area contributed by atoms with E-state index >= 15 is 0 Å². The first-order chi connectivity index (χ1) is 18.9. The molecule has 9 nitrogen and oxygen atoms in total. The number of aryl methyl sites for hydroxylation is 1. The van der Waals surface area contributed by atoms with Crippen LogP contribution in [0, 0.1) is 11.3 Å². The number of aromatic nitrogens is 4. The van der Waals surface area contributed by atoms with Gasteiger partial charge in [-0.1, -0.05) is 62.8 Å². The lowest BCUT2D eigenvalue weighted by Gasteiger charge is -2.28. The van der Waals surface area contributed by atoms with Crippen molar-refractivity contribution < 1.29 is 4.79 Å². The van der Waals surface area contributed by atoms with E-state index in [0.717, 1.165) is 68.9 Å². The molecule has 0 saturated heterocycles. The first-order valence-corrected chi connectivity index (χ1v) is 14.1. The van der Waals surface area contributed by atoms with E-state index in [-0.39, 0.29) is 29.8 Å². The molecule has 0 spiro atoms. The predicted molar refractivity (Wildman–Crippen MR) is 151 cm³/mol. The first kappa shape index (κ1) is 26.7. The Bertz CT molecular complexity index is 1560. The van der Waals surface area contributed by atoms with Crippen molar-refractivity contribution in [2.24, 2.45) is 12.8 Å². The highest BCUT2D eigenvalue weighted by atomic mass is 16.2. The largest absolute Gasteiger partial charge is 0.366 e. The molecule has 9 heteroatoms. The number of carbonyl (C=O) groups is 1. The van der Waals surface area contributed by atoms with E-state index in [0.29, 0.717) is 29.0 Å². The van der Waals surface area contributed by atoms with Crippen LogP contribution >= 0.6 is 0 Å². The van der Waals surface area contributed by atoms with Crippen molar-refractivity contribution in [2.45, 2.75) is 89.1 Å². The van der Waals surface area contributed by atoms with Crippen LogP contribution in [0.4, 0.5) is 0 Å². The summed E-state index contributed by atoms with van der Waals surface area (Å²) in [4.78, 5) is 44.4. The molecule has 2 saturated carbocycles. The lowest BCUT2D eigenvalue weighted by atomic mass is 9.94. The zero-order chi connectivity index (χ0) is 27.5. The molecule has 0 aliphatic heterocycles. The SMILES string of the molecule is Cn1c(-c2ccc(/C=C(\CCC#N)C(N)=O)cc2)nc2c(=O)n(C3CCCCC3)c(=O)n(C3CCCCC3)c21. The first-order valence-electron chi connectivity index (χ1n) is 14.1. The van der Waals surface area contributed by atoms with Gasteiger partial charge in [-0.2, -0.15) is 5.26 Å². The molecule has 0 unspecified atom stereocenters. The standard InChI is InChI=1S/C30H36N6O3/c1-34-27(21-16-14-20(15-17-21)19-22(26(32)37)9-8-18-31)33-25-28(34)35(23-10-4-2-5-11-23)30(39)36(29(25)38)24-12-6-3-7-13-24/h14-17,19,23-24H,2-13H2,1H3,(H2,32,37)/b22-19+. The number of nitriles is 1. The monoisotopic (exact) mass is 528 g/mol. The van der Waals surface area contributed by atoms with Crippen molar-refractivity contribution in [2.75, 3.05) is 0 Å². The molecule has 2 aromatic heterocycles. The quantitative estimate of drug-likeness (QED) is 0.443. The number of nitrogens with two attached hydrogens (primary N) is 1. The van der Waals surface area contributed by atoms with Crippen LogP contribution in [0.3, 0.4) is 0 Å². The van der Waals surface area contributed by atoms with Crippen LogP contribution in [-0.2, 0) is 11.8 Å². The summed E-state index contributed by atoms with van der Waals surface area (Å²) in [6.45, 7) is 0. The van der Waals surface area contributed by atoms with Gasteiger partial charge in [-0.15, -0.1) is 0 Å². The third-order valence-corrected chi connectivity index (χ3v) is 8.34. The maximum absolute atomic E-state index is 14.0. The molecular formula is C30H36N6O3. The molecule has 1 aromatic carbocycles. The number of fused-ring (bicyclic) bond motifs is 1. The topological polar surface area (TPSA) is 129 Å². The minimum atomic E-state index is -0.542. The zero-order valence-corrected chi connectivity index (χ0v) is 22.6. The van der Waals surface area contributed by atoms with E-state index < -0.39 is 5.91 Å². The minimum absolute atomic E-state index is 0.0561. The van der Waals surface area contributed by atoms with Gasteiger partial charge in [0, 0.05) is 36.7 Å². The molecule has 0 bridgehead atoms. The molecule has 0 atom stereocenters. The van der Waals surface area contributed by atoms with Crippen molar-refractivity contribution in [1.82, 2.24) is 18.7 Å². The van der Waals surface area contributed by atoms with E-state index in [1.807, 2.05) is 46.5 Å². The smallest absolute Gasteiger partial charge is 0.333 e. The van der Waals surface area contributed by atoms with E-state index in [1.165, 1.54) is 11.0 Å². The van der Waals surface area contributed by atoms with Crippen molar-refractivity contribution >= 4 is 23.1 Å². The highest BCUT2D eigenvalue weighted by Crippen LogP contribution is 2.32. The minimum Gasteiger partial charge on any atom is -0.366 e. The van der Waals surface area contributed by atoms with Crippen molar-refractivity contribution in [3.63, 3.8) is 0 Å². The molecule has 2 aliphatic rings. The Labute approximate surface area is 227 Å². The second-order valence-corrected chi connectivity index (χ2v) is 10.9. The third kappa shape index (κ3) is 5.20. The Kier molecular flexibility index (Phi) is 7.82. The summed E-state index contributed by atoms with van der Waals surface area (Å²) >= 11 is 0. The summed E-state index contributed by atoms with van der Waals surface area (Å²) in [5.74, 6) is 0.0715. The summed E-state index contributed by atoms with van der Waals surface area (Å²) in [6.07, 6.45) is 12.3. The highest BCUT2D eigenvalue weighted by Gasteiger charge is 2.29. The van der Waals surface area contributed by atoms with Gasteiger partial charge in [0.15, 0.2) is 11.2 Å². The van der Waals surface area contributed by atoms with Gasteiger partial charge in [-0.3, -0.25) is 18.7 Å². The Morgan fingerprint density at radius 3 is 2.15 bits per heavy atom. The van der Waals surface area contributed by atoms with Crippen LogP contribution in [0.25, 0.3) is 28.6 Å². The van der Waals surface area contributed by atoms with Crippen LogP contribution in [0.15, 0.2) is 39.4 Å². The molecule has 1 amide bonds. The van der Waals surface area contributed by atoms with Gasteiger partial charge in [-0.25, -0.2) is 9.78 Å². The number of nitrogens with zero attached hydrogens (tertiary/aromatic N) is 5.